The van der Waals surface area contributed by atoms with Gasteiger partial charge in [-0.1, -0.05) is 83.5 Å². The molecule has 0 N–H and O–H groups in total. The van der Waals surface area contributed by atoms with E-state index < -0.39 is 23.6 Å². The molecule has 4 atom stereocenters. The van der Waals surface area contributed by atoms with Crippen molar-refractivity contribution in [3.8, 4) is 5.75 Å². The SMILES string of the molecule is CCS[C@@H]1[C@@H]2Cc3c(Br)ccc(OC)c3[C@H](COCc3ccccc3)N2C(=O)[C@H](CCC=O)N1C(=O)OCc1ccccc1. The van der Waals surface area contributed by atoms with E-state index in [9.17, 15) is 14.4 Å². The van der Waals surface area contributed by atoms with Crippen LogP contribution in [0, 0.1) is 0 Å². The summed E-state index contributed by atoms with van der Waals surface area (Å²) in [6, 6.07) is 21.5. The van der Waals surface area contributed by atoms with E-state index in [2.05, 4.69) is 15.9 Å². The molecule has 0 unspecified atom stereocenters. The highest BCUT2D eigenvalue weighted by molar-refractivity contribution is 9.10. The third-order valence-electron chi connectivity index (χ3n) is 8.10. The maximum Gasteiger partial charge on any atom is 0.411 e. The summed E-state index contributed by atoms with van der Waals surface area (Å²) >= 11 is 5.36. The first-order valence-corrected chi connectivity index (χ1v) is 16.7. The van der Waals surface area contributed by atoms with E-state index in [1.165, 1.54) is 0 Å². The van der Waals surface area contributed by atoms with Crippen molar-refractivity contribution in [2.75, 3.05) is 19.5 Å². The van der Waals surface area contributed by atoms with Gasteiger partial charge in [0.25, 0.3) is 0 Å². The van der Waals surface area contributed by atoms with Crippen LogP contribution >= 0.6 is 27.7 Å². The van der Waals surface area contributed by atoms with Crippen LogP contribution in [0.1, 0.15) is 48.1 Å². The zero-order valence-electron chi connectivity index (χ0n) is 24.9. The lowest BCUT2D eigenvalue weighted by molar-refractivity contribution is -0.154. The Labute approximate surface area is 271 Å². The second-order valence-corrected chi connectivity index (χ2v) is 13.0. The van der Waals surface area contributed by atoms with Gasteiger partial charge < -0.3 is 23.9 Å². The Balaban J connectivity index is 1.53. The first kappa shape index (κ1) is 32.1. The predicted octanol–water partition coefficient (Wildman–Crippen LogP) is 6.55. The average molecular weight is 682 g/mol. The highest BCUT2D eigenvalue weighted by Gasteiger charge is 2.54. The van der Waals surface area contributed by atoms with Gasteiger partial charge in [-0.25, -0.2) is 4.79 Å². The highest BCUT2D eigenvalue weighted by Crippen LogP contribution is 2.47. The minimum absolute atomic E-state index is 0.0875. The van der Waals surface area contributed by atoms with Gasteiger partial charge in [0, 0.05) is 16.5 Å². The molecule has 3 aromatic carbocycles. The van der Waals surface area contributed by atoms with Gasteiger partial charge in [0.1, 0.15) is 30.1 Å². The second kappa shape index (κ2) is 15.1. The fraction of sp³-hybridized carbons (Fsp3) is 0.382. The molecular formula is C34H37BrN2O6S. The number of rotatable bonds is 12. The van der Waals surface area contributed by atoms with Crippen LogP contribution in [0.2, 0.25) is 0 Å². The summed E-state index contributed by atoms with van der Waals surface area (Å²) in [5.74, 6) is 1.17. The molecular weight excluding hydrogens is 644 g/mol. The number of methoxy groups -OCH3 is 1. The third-order valence-corrected chi connectivity index (χ3v) is 10.1. The van der Waals surface area contributed by atoms with E-state index in [0.29, 0.717) is 24.5 Å². The van der Waals surface area contributed by atoms with Gasteiger partial charge in [-0.3, -0.25) is 9.69 Å². The number of hydrogen-bond acceptors (Lipinski definition) is 7. The van der Waals surface area contributed by atoms with Crippen molar-refractivity contribution >= 4 is 46.0 Å². The summed E-state index contributed by atoms with van der Waals surface area (Å²) in [6.07, 6.45) is 1.08. The summed E-state index contributed by atoms with van der Waals surface area (Å²) in [7, 11) is 1.63. The lowest BCUT2D eigenvalue weighted by Crippen LogP contribution is -2.69. The average Bonchev–Trinajstić information content (AvgIpc) is 3.05. The van der Waals surface area contributed by atoms with Crippen molar-refractivity contribution in [3.05, 3.63) is 99.5 Å². The van der Waals surface area contributed by atoms with Crippen molar-refractivity contribution in [2.45, 2.75) is 62.9 Å². The van der Waals surface area contributed by atoms with E-state index >= 15 is 0 Å². The molecule has 2 amide bonds. The molecule has 5 rings (SSSR count). The number of carbonyl (C=O) groups is 3. The molecule has 0 spiro atoms. The second-order valence-electron chi connectivity index (χ2n) is 10.7. The van der Waals surface area contributed by atoms with Crippen molar-refractivity contribution in [1.29, 1.82) is 0 Å². The summed E-state index contributed by atoms with van der Waals surface area (Å²) in [5, 5.41) is -0.402. The number of aldehydes is 1. The number of nitrogens with zero attached hydrogens (tertiary/aromatic N) is 2. The smallest absolute Gasteiger partial charge is 0.411 e. The van der Waals surface area contributed by atoms with E-state index in [0.717, 1.165) is 33.0 Å². The minimum Gasteiger partial charge on any atom is -0.496 e. The first-order valence-electron chi connectivity index (χ1n) is 14.8. The molecule has 0 saturated carbocycles. The number of halogens is 1. The number of carbonyl (C=O) groups excluding carboxylic acids is 3. The van der Waals surface area contributed by atoms with Gasteiger partial charge in [-0.15, -0.1) is 11.8 Å². The maximum absolute atomic E-state index is 14.6. The molecule has 8 nitrogen and oxygen atoms in total. The summed E-state index contributed by atoms with van der Waals surface area (Å²) in [4.78, 5) is 43.5. The molecule has 0 radical (unpaired) electrons. The number of amides is 2. The fourth-order valence-electron chi connectivity index (χ4n) is 6.16. The Morgan fingerprint density at radius 2 is 1.68 bits per heavy atom. The standard InChI is InChI=1S/C34H37BrN2O6S/c1-3-44-33-28-19-25-26(35)16-17-30(41-2)31(25)29(22-42-20-23-11-6-4-7-12-23)36(28)32(39)27(15-10-18-38)37(33)34(40)43-21-24-13-8-5-9-14-24/h4-9,11-14,16-18,27-29,33H,3,10,15,19-22H2,1-2H3/t27-,28-,29-,33+/m0/s1. The van der Waals surface area contributed by atoms with Gasteiger partial charge in [0.2, 0.25) is 5.91 Å². The van der Waals surface area contributed by atoms with E-state index in [1.54, 1.807) is 23.8 Å². The molecule has 0 bridgehead atoms. The number of hydrogen-bond donors (Lipinski definition) is 0. The van der Waals surface area contributed by atoms with E-state index in [4.69, 9.17) is 14.2 Å². The molecule has 2 aliphatic rings. The Kier molecular flexibility index (Phi) is 11.0. The van der Waals surface area contributed by atoms with Crippen molar-refractivity contribution in [2.24, 2.45) is 0 Å². The number of fused-ring (bicyclic) bond motifs is 2. The highest BCUT2D eigenvalue weighted by atomic mass is 79.9. The fourth-order valence-corrected chi connectivity index (χ4v) is 7.85. The number of benzene rings is 3. The Bertz CT molecular complexity index is 1440. The van der Waals surface area contributed by atoms with Crippen LogP contribution in [-0.2, 0) is 38.7 Å². The number of thioether (sulfide) groups is 1. The van der Waals surface area contributed by atoms with E-state index in [1.807, 2.05) is 84.6 Å². The van der Waals surface area contributed by atoms with Crippen LogP contribution < -0.4 is 4.74 Å². The van der Waals surface area contributed by atoms with Gasteiger partial charge in [0.15, 0.2) is 0 Å². The lowest BCUT2D eigenvalue weighted by atomic mass is 9.84. The van der Waals surface area contributed by atoms with Gasteiger partial charge in [-0.2, -0.15) is 0 Å². The lowest BCUT2D eigenvalue weighted by Gasteiger charge is -2.55. The predicted molar refractivity (Wildman–Crippen MR) is 173 cm³/mol. The Morgan fingerprint density at radius 1 is 1.00 bits per heavy atom. The van der Waals surface area contributed by atoms with Crippen molar-refractivity contribution < 1.29 is 28.6 Å². The molecule has 0 aliphatic carbocycles. The van der Waals surface area contributed by atoms with Gasteiger partial charge in [-0.05, 0) is 47.4 Å². The zero-order chi connectivity index (χ0) is 31.1. The molecule has 44 heavy (non-hydrogen) atoms. The first-order chi connectivity index (χ1) is 21.5. The minimum atomic E-state index is -0.861. The topological polar surface area (TPSA) is 85.4 Å². The summed E-state index contributed by atoms with van der Waals surface area (Å²) in [5.41, 5.74) is 3.81. The third kappa shape index (κ3) is 6.82. The number of piperazine rings is 1. The number of ether oxygens (including phenoxy) is 3. The Morgan fingerprint density at radius 3 is 2.32 bits per heavy atom. The molecule has 1 fully saturated rings. The van der Waals surface area contributed by atoms with Crippen LogP contribution in [0.3, 0.4) is 0 Å². The van der Waals surface area contributed by atoms with Crippen molar-refractivity contribution in [1.82, 2.24) is 9.80 Å². The quantitative estimate of drug-likeness (QED) is 0.201. The normalized spacial score (nSPS) is 20.9. The molecule has 2 aliphatic heterocycles. The van der Waals surface area contributed by atoms with Gasteiger partial charge >= 0.3 is 6.09 Å². The maximum atomic E-state index is 14.6. The van der Waals surface area contributed by atoms with Crippen LogP contribution in [0.15, 0.2) is 77.3 Å². The van der Waals surface area contributed by atoms with Crippen LogP contribution in [0.4, 0.5) is 4.79 Å². The van der Waals surface area contributed by atoms with Crippen molar-refractivity contribution in [3.63, 3.8) is 0 Å². The summed E-state index contributed by atoms with van der Waals surface area (Å²) in [6.45, 7) is 2.74. The molecule has 232 valence electrons. The Hall–Kier alpha value is -3.34. The monoisotopic (exact) mass is 680 g/mol. The van der Waals surface area contributed by atoms with Crippen LogP contribution in [0.25, 0.3) is 0 Å². The molecule has 1 saturated heterocycles. The summed E-state index contributed by atoms with van der Waals surface area (Å²) < 4.78 is 18.8. The molecule has 2 heterocycles. The molecule has 10 heteroatoms. The van der Waals surface area contributed by atoms with Gasteiger partial charge in [0.05, 0.1) is 32.4 Å². The van der Waals surface area contributed by atoms with Crippen LogP contribution in [0.5, 0.6) is 5.75 Å². The largest absolute Gasteiger partial charge is 0.496 e. The molecule has 3 aromatic rings. The molecule has 0 aromatic heterocycles. The van der Waals surface area contributed by atoms with Crippen LogP contribution in [-0.4, -0.2) is 65.0 Å². The zero-order valence-corrected chi connectivity index (χ0v) is 27.3. The van der Waals surface area contributed by atoms with E-state index in [-0.39, 0.29) is 38.0 Å².